The van der Waals surface area contributed by atoms with Crippen LogP contribution in [0.5, 0.6) is 0 Å². The lowest BCUT2D eigenvalue weighted by Gasteiger charge is -2.48. The van der Waals surface area contributed by atoms with Gasteiger partial charge in [-0.25, -0.2) is 0 Å². The van der Waals surface area contributed by atoms with Crippen LogP contribution < -0.4 is 0 Å². The molecule has 2 aliphatic heterocycles. The molecule has 1 aromatic rings. The summed E-state index contributed by atoms with van der Waals surface area (Å²) in [5.74, 6) is 0.369. The minimum absolute atomic E-state index is 0.167. The Labute approximate surface area is 176 Å². The van der Waals surface area contributed by atoms with E-state index in [0.29, 0.717) is 11.9 Å². The van der Waals surface area contributed by atoms with E-state index in [-0.39, 0.29) is 17.1 Å². The molecule has 1 unspecified atom stereocenters. The second-order valence-electron chi connectivity index (χ2n) is 10.6. The fourth-order valence-corrected chi connectivity index (χ4v) is 5.76. The molecule has 3 fully saturated rings. The fourth-order valence-electron chi connectivity index (χ4n) is 5.76. The number of carbonyl (C=O) groups excluding carboxylic acids is 1. The van der Waals surface area contributed by atoms with Crippen molar-refractivity contribution >= 4 is 5.91 Å². The highest BCUT2D eigenvalue weighted by Gasteiger charge is 2.51. The lowest BCUT2D eigenvalue weighted by Crippen LogP contribution is -2.62. The molecule has 1 saturated carbocycles. The number of aliphatic hydroxyl groups excluding tert-OH is 1. The van der Waals surface area contributed by atoms with Crippen molar-refractivity contribution in [2.45, 2.75) is 102 Å². The second kappa shape index (κ2) is 8.03. The van der Waals surface area contributed by atoms with Crippen LogP contribution in [0.1, 0.15) is 83.3 Å². The lowest BCUT2D eigenvalue weighted by atomic mass is 9.82. The molecule has 4 rings (SSSR count). The monoisotopic (exact) mass is 398 g/mol. The molecule has 160 valence electrons. The average molecular weight is 399 g/mol. The Hall–Kier alpha value is -1.39. The Bertz CT molecular complexity index is 715. The predicted octanol–water partition coefficient (Wildman–Crippen LogP) is 4.24. The third-order valence-corrected chi connectivity index (χ3v) is 7.57. The number of likely N-dealkylation sites (tertiary alicyclic amines) is 2. The van der Waals surface area contributed by atoms with E-state index in [4.69, 9.17) is 0 Å². The van der Waals surface area contributed by atoms with E-state index >= 15 is 0 Å². The average Bonchev–Trinajstić information content (AvgIpc) is 3.08. The Morgan fingerprint density at radius 2 is 1.62 bits per heavy atom. The number of aliphatic hydroxyl groups is 1. The Morgan fingerprint density at radius 3 is 2.24 bits per heavy atom. The van der Waals surface area contributed by atoms with Crippen LogP contribution in [0.4, 0.5) is 0 Å². The zero-order chi connectivity index (χ0) is 20.6. The number of hydrogen-bond acceptors (Lipinski definition) is 3. The first-order chi connectivity index (χ1) is 13.8. The van der Waals surface area contributed by atoms with Crippen molar-refractivity contribution in [3.63, 3.8) is 0 Å². The molecule has 2 heterocycles. The van der Waals surface area contributed by atoms with Crippen LogP contribution in [0.25, 0.3) is 0 Å². The van der Waals surface area contributed by atoms with Crippen molar-refractivity contribution in [1.29, 1.82) is 0 Å². The van der Waals surface area contributed by atoms with Crippen molar-refractivity contribution in [1.82, 2.24) is 9.80 Å². The number of amides is 1. The summed E-state index contributed by atoms with van der Waals surface area (Å²) in [7, 11) is 0. The molecule has 29 heavy (non-hydrogen) atoms. The van der Waals surface area contributed by atoms with Crippen LogP contribution in [0.3, 0.4) is 0 Å². The van der Waals surface area contributed by atoms with Gasteiger partial charge in [-0.1, -0.05) is 45.0 Å². The first kappa shape index (κ1) is 20.9. The van der Waals surface area contributed by atoms with Crippen LogP contribution in [-0.2, 0) is 16.8 Å². The van der Waals surface area contributed by atoms with Gasteiger partial charge in [0.25, 0.3) is 0 Å². The quantitative estimate of drug-likeness (QED) is 0.828. The van der Waals surface area contributed by atoms with Crippen LogP contribution in [0.15, 0.2) is 24.3 Å². The molecule has 1 N–H and O–H groups in total. The highest BCUT2D eigenvalue weighted by Crippen LogP contribution is 2.41. The topological polar surface area (TPSA) is 43.8 Å². The molecule has 1 amide bonds. The summed E-state index contributed by atoms with van der Waals surface area (Å²) < 4.78 is 0. The van der Waals surface area contributed by atoms with Gasteiger partial charge >= 0.3 is 0 Å². The Balaban J connectivity index is 1.49. The summed E-state index contributed by atoms with van der Waals surface area (Å²) in [6.45, 7) is 9.53. The van der Waals surface area contributed by atoms with Gasteiger partial charge in [-0.05, 0) is 74.5 Å². The first-order valence-electron chi connectivity index (χ1n) is 11.6. The third kappa shape index (κ3) is 4.11. The number of carbonyl (C=O) groups is 1. The van der Waals surface area contributed by atoms with Gasteiger partial charge < -0.3 is 10.0 Å². The summed E-state index contributed by atoms with van der Waals surface area (Å²) >= 11 is 0. The van der Waals surface area contributed by atoms with E-state index in [2.05, 4.69) is 54.8 Å². The third-order valence-electron chi connectivity index (χ3n) is 7.57. The minimum Gasteiger partial charge on any atom is -0.393 e. The maximum absolute atomic E-state index is 13.7. The Morgan fingerprint density at radius 1 is 1.00 bits per heavy atom. The maximum Gasteiger partial charge on any atom is 0.243 e. The van der Waals surface area contributed by atoms with E-state index in [1.165, 1.54) is 11.1 Å². The fraction of sp³-hybridized carbons (Fsp3) is 0.720. The normalized spacial score (nSPS) is 31.6. The smallest absolute Gasteiger partial charge is 0.243 e. The number of piperidine rings is 1. The van der Waals surface area contributed by atoms with Gasteiger partial charge in [0, 0.05) is 19.1 Å². The lowest BCUT2D eigenvalue weighted by molar-refractivity contribution is -0.152. The molecular weight excluding hydrogens is 360 g/mol. The number of rotatable bonds is 3. The standard InChI is InChI=1S/C25H38N2O2/c1-24(2,3)20-8-6-19(7-9-20)18-26-16-4-14-25(26)15-5-17-27(23(25)29)21-10-12-22(28)13-11-21/h6-9,21-22,28H,4-5,10-18H2,1-3H3. The van der Waals surface area contributed by atoms with Crippen molar-refractivity contribution in [2.24, 2.45) is 0 Å². The molecule has 1 aromatic carbocycles. The van der Waals surface area contributed by atoms with Gasteiger partial charge in [-0.15, -0.1) is 0 Å². The largest absolute Gasteiger partial charge is 0.393 e. The highest BCUT2D eigenvalue weighted by atomic mass is 16.3. The molecule has 1 atom stereocenters. The van der Waals surface area contributed by atoms with Crippen molar-refractivity contribution in [2.75, 3.05) is 13.1 Å². The van der Waals surface area contributed by atoms with Gasteiger partial charge in [-0.3, -0.25) is 9.69 Å². The van der Waals surface area contributed by atoms with Crippen LogP contribution in [-0.4, -0.2) is 51.6 Å². The van der Waals surface area contributed by atoms with E-state index in [1.807, 2.05) is 0 Å². The number of benzene rings is 1. The molecule has 1 aliphatic carbocycles. The zero-order valence-electron chi connectivity index (χ0n) is 18.5. The number of nitrogens with zero attached hydrogens (tertiary/aromatic N) is 2. The maximum atomic E-state index is 13.7. The van der Waals surface area contributed by atoms with Gasteiger partial charge in [0.1, 0.15) is 5.54 Å². The Kier molecular flexibility index (Phi) is 5.78. The summed E-state index contributed by atoms with van der Waals surface area (Å²) in [5, 5.41) is 9.86. The predicted molar refractivity (Wildman–Crippen MR) is 117 cm³/mol. The molecule has 0 aromatic heterocycles. The highest BCUT2D eigenvalue weighted by molar-refractivity contribution is 5.87. The first-order valence-corrected chi connectivity index (χ1v) is 11.6. The van der Waals surface area contributed by atoms with Crippen molar-refractivity contribution < 1.29 is 9.90 Å². The SMILES string of the molecule is CC(C)(C)c1ccc(CN2CCCC23CCCN(C2CCC(O)CC2)C3=O)cc1. The van der Waals surface area contributed by atoms with E-state index in [1.54, 1.807) is 0 Å². The molecule has 2 saturated heterocycles. The van der Waals surface area contributed by atoms with Crippen molar-refractivity contribution in [3.05, 3.63) is 35.4 Å². The molecule has 0 radical (unpaired) electrons. The van der Waals surface area contributed by atoms with E-state index < -0.39 is 0 Å². The zero-order valence-corrected chi connectivity index (χ0v) is 18.5. The van der Waals surface area contributed by atoms with Crippen LogP contribution >= 0.6 is 0 Å². The molecule has 3 aliphatic rings. The molecule has 0 bridgehead atoms. The summed E-state index contributed by atoms with van der Waals surface area (Å²) in [6.07, 6.45) is 7.63. The van der Waals surface area contributed by atoms with E-state index in [9.17, 15) is 9.90 Å². The molecular formula is C25H38N2O2. The molecule has 4 nitrogen and oxygen atoms in total. The second-order valence-corrected chi connectivity index (χ2v) is 10.6. The van der Waals surface area contributed by atoms with Crippen LogP contribution in [0, 0.1) is 0 Å². The van der Waals surface area contributed by atoms with E-state index in [0.717, 1.165) is 71.0 Å². The number of hydrogen-bond donors (Lipinski definition) is 1. The van der Waals surface area contributed by atoms with Crippen LogP contribution in [0.2, 0.25) is 0 Å². The molecule has 1 spiro atoms. The summed E-state index contributed by atoms with van der Waals surface area (Å²) in [4.78, 5) is 18.4. The van der Waals surface area contributed by atoms with Gasteiger partial charge in [0.2, 0.25) is 5.91 Å². The molecule has 4 heteroatoms. The summed E-state index contributed by atoms with van der Waals surface area (Å²) in [6, 6.07) is 9.33. The van der Waals surface area contributed by atoms with Gasteiger partial charge in [0.15, 0.2) is 0 Å². The van der Waals surface area contributed by atoms with Crippen molar-refractivity contribution in [3.8, 4) is 0 Å². The van der Waals surface area contributed by atoms with Gasteiger partial charge in [0.05, 0.1) is 6.10 Å². The van der Waals surface area contributed by atoms with Gasteiger partial charge in [-0.2, -0.15) is 0 Å². The minimum atomic E-state index is -0.295. The summed E-state index contributed by atoms with van der Waals surface area (Å²) in [5.41, 5.74) is 2.54.